The molecule has 2 aromatic carbocycles. The van der Waals surface area contributed by atoms with E-state index in [1.54, 1.807) is 0 Å². The fourth-order valence-electron chi connectivity index (χ4n) is 3.04. The van der Waals surface area contributed by atoms with Crippen molar-refractivity contribution in [2.75, 3.05) is 0 Å². The molecule has 1 aliphatic rings. The van der Waals surface area contributed by atoms with E-state index in [4.69, 9.17) is 0 Å². The third-order valence-corrected chi connectivity index (χ3v) is 5.21. The number of benzene rings is 2. The number of hydrogen-bond donors (Lipinski definition) is 0. The zero-order chi connectivity index (χ0) is 13.8. The molecule has 1 fully saturated rings. The lowest BCUT2D eigenvalue weighted by molar-refractivity contribution is -0.115. The number of carbonyl (C=O) groups is 1. The van der Waals surface area contributed by atoms with Crippen molar-refractivity contribution in [2.24, 2.45) is 0 Å². The van der Waals surface area contributed by atoms with Gasteiger partial charge in [0.2, 0.25) is 5.12 Å². The summed E-state index contributed by atoms with van der Waals surface area (Å²) in [6.07, 6.45) is 4.26. The average molecular weight is 282 g/mol. The quantitative estimate of drug-likeness (QED) is 0.751. The molecule has 0 N–H and O–H groups in total. The molecule has 2 heteroatoms. The van der Waals surface area contributed by atoms with E-state index in [0.29, 0.717) is 5.12 Å². The molecule has 0 radical (unpaired) electrons. The van der Waals surface area contributed by atoms with E-state index in [-0.39, 0.29) is 5.41 Å². The molecule has 3 rings (SSSR count). The maximum Gasteiger partial charge on any atom is 0.204 e. The van der Waals surface area contributed by atoms with Crippen molar-refractivity contribution in [1.82, 2.24) is 0 Å². The molecule has 0 heterocycles. The lowest BCUT2D eigenvalue weighted by Gasteiger charge is -2.27. The summed E-state index contributed by atoms with van der Waals surface area (Å²) < 4.78 is 0. The molecule has 0 amide bonds. The smallest absolute Gasteiger partial charge is 0.204 e. The van der Waals surface area contributed by atoms with Crippen molar-refractivity contribution in [3.63, 3.8) is 0 Å². The molecule has 0 bridgehead atoms. The Morgan fingerprint density at radius 2 is 1.40 bits per heavy atom. The summed E-state index contributed by atoms with van der Waals surface area (Å²) in [7, 11) is 0. The minimum absolute atomic E-state index is 0.276. The van der Waals surface area contributed by atoms with Crippen LogP contribution in [0.3, 0.4) is 0 Å². The minimum atomic E-state index is -0.276. The highest BCUT2D eigenvalue weighted by Crippen LogP contribution is 2.45. The third-order valence-electron chi connectivity index (χ3n) is 4.13. The van der Waals surface area contributed by atoms with Crippen molar-refractivity contribution in [3.05, 3.63) is 66.2 Å². The topological polar surface area (TPSA) is 17.1 Å². The van der Waals surface area contributed by atoms with Crippen molar-refractivity contribution < 1.29 is 4.79 Å². The monoisotopic (exact) mass is 282 g/mol. The van der Waals surface area contributed by atoms with E-state index in [0.717, 1.165) is 30.6 Å². The summed E-state index contributed by atoms with van der Waals surface area (Å²) >= 11 is 1.40. The van der Waals surface area contributed by atoms with Crippen LogP contribution >= 0.6 is 11.8 Å². The van der Waals surface area contributed by atoms with E-state index in [2.05, 4.69) is 12.1 Å². The maximum absolute atomic E-state index is 12.9. The predicted molar refractivity (Wildman–Crippen MR) is 83.9 cm³/mol. The van der Waals surface area contributed by atoms with Gasteiger partial charge in [0.1, 0.15) is 0 Å². The van der Waals surface area contributed by atoms with Crippen molar-refractivity contribution in [3.8, 4) is 0 Å². The molecule has 1 nitrogen and oxygen atoms in total. The van der Waals surface area contributed by atoms with Gasteiger partial charge in [-0.25, -0.2) is 0 Å². The predicted octanol–water partition coefficient (Wildman–Crippen LogP) is 4.82. The largest absolute Gasteiger partial charge is 0.286 e. The SMILES string of the molecule is O=C(Sc1ccccc1)C1(c2ccccc2)CCCC1. The van der Waals surface area contributed by atoms with Crippen LogP contribution in [-0.4, -0.2) is 5.12 Å². The molecule has 0 saturated heterocycles. The fraction of sp³-hybridized carbons (Fsp3) is 0.278. The van der Waals surface area contributed by atoms with Crippen LogP contribution in [-0.2, 0) is 10.2 Å². The van der Waals surface area contributed by atoms with E-state index < -0.39 is 0 Å². The van der Waals surface area contributed by atoms with Crippen LogP contribution < -0.4 is 0 Å². The van der Waals surface area contributed by atoms with Crippen LogP contribution in [0.2, 0.25) is 0 Å². The molecule has 1 saturated carbocycles. The normalized spacial score (nSPS) is 17.0. The van der Waals surface area contributed by atoms with Gasteiger partial charge in [0.25, 0.3) is 0 Å². The Balaban J connectivity index is 1.89. The van der Waals surface area contributed by atoms with E-state index in [1.165, 1.54) is 17.3 Å². The molecule has 0 spiro atoms. The van der Waals surface area contributed by atoms with Crippen LogP contribution in [0.15, 0.2) is 65.6 Å². The molecular weight excluding hydrogens is 264 g/mol. The highest BCUT2D eigenvalue weighted by Gasteiger charge is 2.42. The molecule has 0 aliphatic heterocycles. The highest BCUT2D eigenvalue weighted by molar-refractivity contribution is 8.13. The summed E-state index contributed by atoms with van der Waals surface area (Å²) in [4.78, 5) is 13.9. The first-order valence-corrected chi connectivity index (χ1v) is 7.96. The molecule has 0 unspecified atom stereocenters. The van der Waals surface area contributed by atoms with E-state index >= 15 is 0 Å². The molecule has 20 heavy (non-hydrogen) atoms. The zero-order valence-corrected chi connectivity index (χ0v) is 12.2. The zero-order valence-electron chi connectivity index (χ0n) is 11.4. The second-order valence-electron chi connectivity index (χ2n) is 5.36. The van der Waals surface area contributed by atoms with Crippen molar-refractivity contribution >= 4 is 16.9 Å². The number of hydrogen-bond acceptors (Lipinski definition) is 2. The molecule has 2 aromatic rings. The number of carbonyl (C=O) groups excluding carboxylic acids is 1. The molecule has 0 atom stereocenters. The van der Waals surface area contributed by atoms with Crippen LogP contribution in [0.5, 0.6) is 0 Å². The van der Waals surface area contributed by atoms with Gasteiger partial charge < -0.3 is 0 Å². The van der Waals surface area contributed by atoms with Crippen molar-refractivity contribution in [1.29, 1.82) is 0 Å². The van der Waals surface area contributed by atoms with Gasteiger partial charge in [0, 0.05) is 4.90 Å². The standard InChI is InChI=1S/C18H18OS/c19-17(20-16-11-5-2-6-12-16)18(13-7-8-14-18)15-9-3-1-4-10-15/h1-6,9-12H,7-8,13-14H2. The van der Waals surface area contributed by atoms with Crippen LogP contribution in [0.25, 0.3) is 0 Å². The highest BCUT2D eigenvalue weighted by atomic mass is 32.2. The van der Waals surface area contributed by atoms with Gasteiger partial charge in [-0.15, -0.1) is 0 Å². The van der Waals surface area contributed by atoms with Gasteiger partial charge in [-0.3, -0.25) is 4.79 Å². The summed E-state index contributed by atoms with van der Waals surface area (Å²) in [6.45, 7) is 0. The van der Waals surface area contributed by atoms with Gasteiger partial charge in [-0.1, -0.05) is 73.1 Å². The Hall–Kier alpha value is -1.54. The fourth-order valence-corrected chi connectivity index (χ4v) is 4.06. The average Bonchev–Trinajstić information content (AvgIpc) is 3.00. The summed E-state index contributed by atoms with van der Waals surface area (Å²) in [6, 6.07) is 20.3. The lowest BCUT2D eigenvalue weighted by atomic mass is 9.80. The lowest BCUT2D eigenvalue weighted by Crippen LogP contribution is -2.30. The van der Waals surface area contributed by atoms with Gasteiger partial charge in [-0.2, -0.15) is 0 Å². The van der Waals surface area contributed by atoms with Crippen molar-refractivity contribution in [2.45, 2.75) is 36.0 Å². The van der Waals surface area contributed by atoms with Gasteiger partial charge in [0.15, 0.2) is 0 Å². The van der Waals surface area contributed by atoms with Gasteiger partial charge in [-0.05, 0) is 30.5 Å². The van der Waals surface area contributed by atoms with E-state index in [9.17, 15) is 4.79 Å². The molecule has 0 aromatic heterocycles. The van der Waals surface area contributed by atoms with E-state index in [1.807, 2.05) is 48.5 Å². The minimum Gasteiger partial charge on any atom is -0.286 e. The van der Waals surface area contributed by atoms with Gasteiger partial charge >= 0.3 is 0 Å². The summed E-state index contributed by atoms with van der Waals surface area (Å²) in [5, 5.41) is 0.299. The van der Waals surface area contributed by atoms with Crippen LogP contribution in [0.4, 0.5) is 0 Å². The first-order chi connectivity index (χ1) is 9.81. The second kappa shape index (κ2) is 5.84. The summed E-state index contributed by atoms with van der Waals surface area (Å²) in [5.74, 6) is 0. The third kappa shape index (κ3) is 2.53. The number of thioether (sulfide) groups is 1. The van der Waals surface area contributed by atoms with Crippen LogP contribution in [0.1, 0.15) is 31.2 Å². The Morgan fingerprint density at radius 1 is 0.850 bits per heavy atom. The molecule has 102 valence electrons. The molecule has 1 aliphatic carbocycles. The Kier molecular flexibility index (Phi) is 3.93. The molecular formula is C18H18OS. The summed E-state index contributed by atoms with van der Waals surface area (Å²) in [5.41, 5.74) is 0.910. The Bertz CT molecular complexity index is 571. The Morgan fingerprint density at radius 3 is 2.00 bits per heavy atom. The van der Waals surface area contributed by atoms with Crippen LogP contribution in [0, 0.1) is 0 Å². The second-order valence-corrected chi connectivity index (χ2v) is 6.40. The first-order valence-electron chi connectivity index (χ1n) is 7.14. The maximum atomic E-state index is 12.9. The Labute approximate surface area is 124 Å². The van der Waals surface area contributed by atoms with Gasteiger partial charge in [0.05, 0.1) is 5.41 Å². The number of rotatable bonds is 3. The first kappa shape index (κ1) is 13.4.